The molecule has 0 saturated carbocycles. The Labute approximate surface area is 122 Å². The van der Waals surface area contributed by atoms with E-state index in [4.69, 9.17) is 10.6 Å². The number of benzene rings is 1. The summed E-state index contributed by atoms with van der Waals surface area (Å²) in [6, 6.07) is 2.32. The van der Waals surface area contributed by atoms with Gasteiger partial charge in [-0.3, -0.25) is 0 Å². The third kappa shape index (κ3) is 2.86. The van der Waals surface area contributed by atoms with Crippen LogP contribution < -0.4 is 16.0 Å². The quantitative estimate of drug-likeness (QED) is 0.508. The van der Waals surface area contributed by atoms with Crippen molar-refractivity contribution in [2.24, 2.45) is 5.84 Å². The van der Waals surface area contributed by atoms with E-state index in [1.165, 1.54) is 6.07 Å². The number of nitrogens with zero attached hydrogens (tertiary/aromatic N) is 2. The molecule has 0 radical (unpaired) electrons. The molecule has 0 bridgehead atoms. The van der Waals surface area contributed by atoms with Crippen molar-refractivity contribution in [3.63, 3.8) is 0 Å². The Morgan fingerprint density at radius 3 is 2.60 bits per heavy atom. The van der Waals surface area contributed by atoms with Crippen LogP contribution in [0.15, 0.2) is 16.6 Å². The second-order valence-corrected chi connectivity index (χ2v) is 4.91. The molecule has 0 fully saturated rings. The fraction of sp³-hybridized carbons (Fsp3) is 0.167. The molecule has 1 aromatic carbocycles. The van der Waals surface area contributed by atoms with E-state index >= 15 is 0 Å². The maximum atomic E-state index is 13.7. The van der Waals surface area contributed by atoms with Crippen molar-refractivity contribution in [2.45, 2.75) is 13.8 Å². The smallest absolute Gasteiger partial charge is 0.227 e. The highest BCUT2D eigenvalue weighted by Gasteiger charge is 2.16. The van der Waals surface area contributed by atoms with Gasteiger partial charge in [-0.25, -0.2) is 15.2 Å². The van der Waals surface area contributed by atoms with Gasteiger partial charge in [0, 0.05) is 4.47 Å². The maximum Gasteiger partial charge on any atom is 0.227 e. The highest BCUT2D eigenvalue weighted by molar-refractivity contribution is 9.10. The van der Waals surface area contributed by atoms with Gasteiger partial charge in [-0.15, -0.1) is 0 Å². The average Bonchev–Trinajstić information content (AvgIpc) is 2.39. The van der Waals surface area contributed by atoms with Gasteiger partial charge in [0.05, 0.1) is 5.56 Å². The molecule has 0 aliphatic rings. The van der Waals surface area contributed by atoms with Crippen molar-refractivity contribution in [2.75, 3.05) is 5.43 Å². The molecule has 1 aromatic heterocycles. The molecule has 20 heavy (non-hydrogen) atoms. The van der Waals surface area contributed by atoms with Crippen molar-refractivity contribution in [3.8, 4) is 11.6 Å². The number of hydrogen-bond acceptors (Lipinski definition) is 5. The summed E-state index contributed by atoms with van der Waals surface area (Å²) in [6.07, 6.45) is 0. The lowest BCUT2D eigenvalue weighted by atomic mass is 10.3. The van der Waals surface area contributed by atoms with Crippen LogP contribution >= 0.6 is 15.9 Å². The van der Waals surface area contributed by atoms with Crippen LogP contribution in [0, 0.1) is 25.5 Å². The van der Waals surface area contributed by atoms with Gasteiger partial charge in [0.15, 0.2) is 11.6 Å². The van der Waals surface area contributed by atoms with Gasteiger partial charge in [-0.1, -0.05) is 15.9 Å². The van der Waals surface area contributed by atoms with Crippen LogP contribution in [0.3, 0.4) is 0 Å². The zero-order valence-corrected chi connectivity index (χ0v) is 12.3. The van der Waals surface area contributed by atoms with E-state index in [-0.39, 0.29) is 11.6 Å². The maximum absolute atomic E-state index is 13.7. The van der Waals surface area contributed by atoms with Crippen molar-refractivity contribution in [1.29, 1.82) is 0 Å². The Morgan fingerprint density at radius 1 is 1.25 bits per heavy atom. The lowest BCUT2D eigenvalue weighted by molar-refractivity contribution is 0.401. The Kier molecular flexibility index (Phi) is 4.15. The summed E-state index contributed by atoms with van der Waals surface area (Å²) in [5, 5.41) is 0. The van der Waals surface area contributed by atoms with E-state index in [0.717, 1.165) is 6.07 Å². The topological polar surface area (TPSA) is 73.1 Å². The molecule has 0 saturated heterocycles. The molecule has 0 atom stereocenters. The van der Waals surface area contributed by atoms with Gasteiger partial charge in [-0.2, -0.15) is 9.37 Å². The van der Waals surface area contributed by atoms with Gasteiger partial charge in [-0.05, 0) is 26.0 Å². The number of rotatable bonds is 3. The van der Waals surface area contributed by atoms with Crippen LogP contribution in [0.1, 0.15) is 11.4 Å². The van der Waals surface area contributed by atoms with Gasteiger partial charge in [0.2, 0.25) is 11.7 Å². The van der Waals surface area contributed by atoms with Crippen LogP contribution in [0.5, 0.6) is 11.6 Å². The van der Waals surface area contributed by atoms with Gasteiger partial charge in [0.25, 0.3) is 0 Å². The molecule has 0 amide bonds. The zero-order valence-electron chi connectivity index (χ0n) is 10.7. The number of nitrogens with two attached hydrogens (primary N) is 1. The number of nitrogen functional groups attached to an aromatic ring is 1. The first-order chi connectivity index (χ1) is 9.42. The molecule has 2 aromatic rings. The summed E-state index contributed by atoms with van der Waals surface area (Å²) in [6.45, 7) is 3.28. The van der Waals surface area contributed by atoms with Crippen LogP contribution in [-0.4, -0.2) is 9.97 Å². The molecule has 5 nitrogen and oxygen atoms in total. The minimum atomic E-state index is -1.09. The number of ether oxygens (including phenoxy) is 1. The summed E-state index contributed by atoms with van der Waals surface area (Å²) in [7, 11) is 0. The first-order valence-corrected chi connectivity index (χ1v) is 6.36. The van der Waals surface area contributed by atoms with E-state index in [2.05, 4.69) is 31.3 Å². The number of aryl methyl sites for hydroxylation is 1. The third-order valence-electron chi connectivity index (χ3n) is 2.52. The monoisotopic (exact) mass is 344 g/mol. The molecule has 0 aliphatic carbocycles. The first kappa shape index (κ1) is 14.6. The Morgan fingerprint density at radius 2 is 1.95 bits per heavy atom. The summed E-state index contributed by atoms with van der Waals surface area (Å²) in [4.78, 5) is 8.09. The van der Waals surface area contributed by atoms with E-state index in [1.807, 2.05) is 0 Å². The highest BCUT2D eigenvalue weighted by atomic mass is 79.9. The van der Waals surface area contributed by atoms with Gasteiger partial charge >= 0.3 is 0 Å². The lowest BCUT2D eigenvalue weighted by Crippen LogP contribution is -2.12. The standard InChI is InChI=1S/C12H11BrF2N4O/c1-5-11(19-16)17-6(2)18-12(5)20-9-4-7(13)3-8(14)10(9)15/h3-4H,16H2,1-2H3,(H,17,18,19). The molecule has 0 aliphatic heterocycles. The number of anilines is 1. The zero-order chi connectivity index (χ0) is 14.9. The molecular weight excluding hydrogens is 334 g/mol. The number of hydrogen-bond donors (Lipinski definition) is 2. The lowest BCUT2D eigenvalue weighted by Gasteiger charge is -2.12. The molecule has 2 rings (SSSR count). The predicted octanol–water partition coefficient (Wildman–Crippen LogP) is 3.21. The summed E-state index contributed by atoms with van der Waals surface area (Å²) >= 11 is 3.07. The Bertz CT molecular complexity index is 666. The van der Waals surface area contributed by atoms with E-state index < -0.39 is 11.6 Å². The van der Waals surface area contributed by atoms with Crippen LogP contribution in [0.2, 0.25) is 0 Å². The average molecular weight is 345 g/mol. The van der Waals surface area contributed by atoms with Crippen molar-refractivity contribution >= 4 is 21.7 Å². The molecule has 0 spiro atoms. The number of nitrogens with one attached hydrogen (secondary N) is 1. The fourth-order valence-electron chi connectivity index (χ4n) is 1.55. The number of aromatic nitrogens is 2. The van der Waals surface area contributed by atoms with E-state index in [0.29, 0.717) is 21.7 Å². The highest BCUT2D eigenvalue weighted by Crippen LogP contribution is 2.31. The number of hydrazine groups is 1. The predicted molar refractivity (Wildman–Crippen MR) is 73.4 cm³/mol. The van der Waals surface area contributed by atoms with Crippen LogP contribution in [0.4, 0.5) is 14.6 Å². The Hall–Kier alpha value is -1.80. The molecule has 0 unspecified atom stereocenters. The van der Waals surface area contributed by atoms with Gasteiger partial charge in [0.1, 0.15) is 11.6 Å². The molecule has 106 valence electrons. The van der Waals surface area contributed by atoms with Crippen molar-refractivity contribution < 1.29 is 13.5 Å². The fourth-order valence-corrected chi connectivity index (χ4v) is 1.96. The molecular formula is C12H11BrF2N4O. The minimum Gasteiger partial charge on any atom is -0.435 e. The molecule has 3 N–H and O–H groups in total. The van der Waals surface area contributed by atoms with Crippen LogP contribution in [0.25, 0.3) is 0 Å². The largest absolute Gasteiger partial charge is 0.435 e. The number of halogens is 3. The normalized spacial score (nSPS) is 10.5. The van der Waals surface area contributed by atoms with E-state index in [9.17, 15) is 8.78 Å². The van der Waals surface area contributed by atoms with Gasteiger partial charge < -0.3 is 10.2 Å². The van der Waals surface area contributed by atoms with E-state index in [1.54, 1.807) is 13.8 Å². The molecule has 1 heterocycles. The SMILES string of the molecule is Cc1nc(NN)c(C)c(Oc2cc(Br)cc(F)c2F)n1. The summed E-state index contributed by atoms with van der Waals surface area (Å²) in [5.74, 6) is 3.77. The van der Waals surface area contributed by atoms with Crippen LogP contribution in [-0.2, 0) is 0 Å². The summed E-state index contributed by atoms with van der Waals surface area (Å²) < 4.78 is 32.7. The van der Waals surface area contributed by atoms with Crippen molar-refractivity contribution in [1.82, 2.24) is 9.97 Å². The molecule has 8 heteroatoms. The third-order valence-corrected chi connectivity index (χ3v) is 2.97. The minimum absolute atomic E-state index is 0.0989. The second kappa shape index (κ2) is 5.68. The second-order valence-electron chi connectivity index (χ2n) is 4.00. The Balaban J connectivity index is 2.47. The summed E-state index contributed by atoms with van der Waals surface area (Å²) in [5.41, 5.74) is 2.88. The first-order valence-electron chi connectivity index (χ1n) is 5.56. The van der Waals surface area contributed by atoms with Crippen molar-refractivity contribution in [3.05, 3.63) is 39.6 Å².